The van der Waals surface area contributed by atoms with Crippen molar-refractivity contribution < 1.29 is 17.6 Å². The maximum absolute atomic E-state index is 13.0. The fraction of sp³-hybridized carbons (Fsp3) is 0.250. The van der Waals surface area contributed by atoms with E-state index in [4.69, 9.17) is 0 Å². The number of benzene rings is 2. The van der Waals surface area contributed by atoms with Crippen LogP contribution in [0, 0.1) is 5.82 Å². The van der Waals surface area contributed by atoms with Crippen LogP contribution in [0.5, 0.6) is 0 Å². The third kappa shape index (κ3) is 5.29. The molecule has 31 heavy (non-hydrogen) atoms. The number of nitrogens with zero attached hydrogens (tertiary/aromatic N) is 3. The first kappa shape index (κ1) is 21.9. The second-order valence-electron chi connectivity index (χ2n) is 6.88. The van der Waals surface area contributed by atoms with Crippen molar-refractivity contribution in [1.82, 2.24) is 14.5 Å². The van der Waals surface area contributed by atoms with E-state index >= 15 is 0 Å². The molecule has 1 fully saturated rings. The Kier molecular flexibility index (Phi) is 6.65. The number of carbonyl (C=O) groups excluding carboxylic acids is 1. The summed E-state index contributed by atoms with van der Waals surface area (Å²) in [7, 11) is -3.60. The highest BCUT2D eigenvalue weighted by Crippen LogP contribution is 2.29. The normalized spacial score (nSPS) is 14.6. The highest BCUT2D eigenvalue weighted by molar-refractivity contribution is 8.00. The first-order valence-corrected chi connectivity index (χ1v) is 12.8. The number of aromatic nitrogens is 2. The molecule has 3 aromatic rings. The quantitative estimate of drug-likeness (QED) is 0.408. The second-order valence-corrected chi connectivity index (χ2v) is 11.0. The van der Waals surface area contributed by atoms with E-state index in [-0.39, 0.29) is 16.3 Å². The summed E-state index contributed by atoms with van der Waals surface area (Å²) in [6.45, 7) is 1.00. The lowest BCUT2D eigenvalue weighted by atomic mass is 10.2. The minimum absolute atomic E-state index is 0.106. The van der Waals surface area contributed by atoms with Gasteiger partial charge in [0.25, 0.3) is 5.91 Å². The van der Waals surface area contributed by atoms with Crippen molar-refractivity contribution >= 4 is 44.2 Å². The van der Waals surface area contributed by atoms with Crippen LogP contribution < -0.4 is 5.32 Å². The summed E-state index contributed by atoms with van der Waals surface area (Å²) in [5.41, 5.74) is 1.18. The molecule has 1 N–H and O–H groups in total. The topological polar surface area (TPSA) is 92.3 Å². The standard InChI is InChI=1S/C20H19FN4O3S3/c21-16-8-6-14(7-9-16)13-29-20-24-23-19(30-20)22-18(26)15-4-3-5-17(12-15)31(27,28)25-10-1-2-11-25/h3-9,12H,1-2,10-11,13H2,(H,22,23,26). The van der Waals surface area contributed by atoms with Crippen LogP contribution in [-0.2, 0) is 15.8 Å². The van der Waals surface area contributed by atoms with E-state index in [0.29, 0.717) is 28.3 Å². The highest BCUT2D eigenvalue weighted by atomic mass is 32.2. The minimum atomic E-state index is -3.60. The molecule has 1 aliphatic heterocycles. The van der Waals surface area contributed by atoms with Crippen LogP contribution in [0.15, 0.2) is 57.8 Å². The van der Waals surface area contributed by atoms with Gasteiger partial charge in [0.05, 0.1) is 4.90 Å². The summed E-state index contributed by atoms with van der Waals surface area (Å²) in [5, 5.41) is 11.0. The molecule has 1 amide bonds. The van der Waals surface area contributed by atoms with Gasteiger partial charge in [-0.3, -0.25) is 10.1 Å². The lowest BCUT2D eigenvalue weighted by Crippen LogP contribution is -2.28. The number of rotatable bonds is 7. The Labute approximate surface area is 187 Å². The van der Waals surface area contributed by atoms with Gasteiger partial charge in [0.1, 0.15) is 5.82 Å². The molecule has 0 bridgehead atoms. The van der Waals surface area contributed by atoms with Crippen LogP contribution in [-0.4, -0.2) is 41.9 Å². The van der Waals surface area contributed by atoms with Crippen LogP contribution in [0.25, 0.3) is 0 Å². The van der Waals surface area contributed by atoms with E-state index in [2.05, 4.69) is 15.5 Å². The summed E-state index contributed by atoms with van der Waals surface area (Å²) < 4.78 is 40.5. The van der Waals surface area contributed by atoms with Crippen LogP contribution in [0.3, 0.4) is 0 Å². The van der Waals surface area contributed by atoms with Gasteiger partial charge in [-0.25, -0.2) is 12.8 Å². The predicted octanol–water partition coefficient (Wildman–Crippen LogP) is 4.01. The zero-order valence-electron chi connectivity index (χ0n) is 16.3. The number of amides is 1. The largest absolute Gasteiger partial charge is 0.296 e. The third-order valence-corrected chi connectivity index (χ3v) is 8.64. The molecule has 2 aromatic carbocycles. The Morgan fingerprint density at radius 1 is 1.13 bits per heavy atom. The van der Waals surface area contributed by atoms with Crippen molar-refractivity contribution in [3.63, 3.8) is 0 Å². The van der Waals surface area contributed by atoms with Gasteiger partial charge in [0, 0.05) is 24.4 Å². The van der Waals surface area contributed by atoms with Gasteiger partial charge < -0.3 is 0 Å². The molecule has 0 unspecified atom stereocenters. The second kappa shape index (κ2) is 9.43. The highest BCUT2D eigenvalue weighted by Gasteiger charge is 2.27. The summed E-state index contributed by atoms with van der Waals surface area (Å²) >= 11 is 2.65. The molecule has 2 heterocycles. The Bertz CT molecular complexity index is 1180. The number of anilines is 1. The van der Waals surface area contributed by atoms with Crippen molar-refractivity contribution in [3.05, 3.63) is 65.5 Å². The van der Waals surface area contributed by atoms with Gasteiger partial charge in [0.15, 0.2) is 4.34 Å². The van der Waals surface area contributed by atoms with Gasteiger partial charge in [-0.15, -0.1) is 10.2 Å². The number of hydrogen-bond donors (Lipinski definition) is 1. The van der Waals surface area contributed by atoms with E-state index in [1.165, 1.54) is 51.7 Å². The number of halogens is 1. The molecule has 11 heteroatoms. The monoisotopic (exact) mass is 478 g/mol. The molecule has 1 aliphatic rings. The molecule has 162 valence electrons. The lowest BCUT2D eigenvalue weighted by Gasteiger charge is -2.15. The van der Waals surface area contributed by atoms with Gasteiger partial charge in [-0.1, -0.05) is 41.3 Å². The summed E-state index contributed by atoms with van der Waals surface area (Å²) in [4.78, 5) is 12.7. The average Bonchev–Trinajstić information content (AvgIpc) is 3.46. The summed E-state index contributed by atoms with van der Waals surface area (Å²) in [5.74, 6) is -0.143. The summed E-state index contributed by atoms with van der Waals surface area (Å²) in [6, 6.07) is 12.2. The van der Waals surface area contributed by atoms with E-state index < -0.39 is 15.9 Å². The number of carbonyl (C=O) groups is 1. The first-order valence-electron chi connectivity index (χ1n) is 9.54. The van der Waals surface area contributed by atoms with Gasteiger partial charge in [0.2, 0.25) is 15.2 Å². The van der Waals surface area contributed by atoms with Crippen molar-refractivity contribution in [2.75, 3.05) is 18.4 Å². The van der Waals surface area contributed by atoms with Crippen LogP contribution in [0.4, 0.5) is 9.52 Å². The fourth-order valence-corrected chi connectivity index (χ4v) is 6.36. The first-order chi connectivity index (χ1) is 14.9. The Morgan fingerprint density at radius 2 is 1.87 bits per heavy atom. The summed E-state index contributed by atoms with van der Waals surface area (Å²) in [6.07, 6.45) is 1.69. The average molecular weight is 479 g/mol. The van der Waals surface area contributed by atoms with E-state index in [1.807, 2.05) is 0 Å². The molecule has 1 aromatic heterocycles. The van der Waals surface area contributed by atoms with Crippen molar-refractivity contribution in [2.45, 2.75) is 27.8 Å². The maximum Gasteiger partial charge on any atom is 0.257 e. The molecular formula is C20H19FN4O3S3. The molecule has 0 aliphatic carbocycles. The van der Waals surface area contributed by atoms with Gasteiger partial charge in [-0.05, 0) is 48.7 Å². The smallest absolute Gasteiger partial charge is 0.257 e. The maximum atomic E-state index is 13.0. The Balaban J connectivity index is 1.40. The van der Waals surface area contributed by atoms with Crippen LogP contribution in [0.1, 0.15) is 28.8 Å². The molecular weight excluding hydrogens is 459 g/mol. The molecule has 0 atom stereocenters. The SMILES string of the molecule is O=C(Nc1nnc(SCc2ccc(F)cc2)s1)c1cccc(S(=O)(=O)N2CCCC2)c1. The lowest BCUT2D eigenvalue weighted by molar-refractivity contribution is 0.102. The molecule has 7 nitrogen and oxygen atoms in total. The molecule has 4 rings (SSSR count). The van der Waals surface area contributed by atoms with Crippen molar-refractivity contribution in [3.8, 4) is 0 Å². The van der Waals surface area contributed by atoms with E-state index in [1.54, 1.807) is 24.3 Å². The minimum Gasteiger partial charge on any atom is -0.296 e. The zero-order chi connectivity index (χ0) is 21.8. The van der Waals surface area contributed by atoms with Crippen LogP contribution in [0.2, 0.25) is 0 Å². The molecule has 0 spiro atoms. The van der Waals surface area contributed by atoms with E-state index in [9.17, 15) is 17.6 Å². The Hall–Kier alpha value is -2.34. The molecule has 0 saturated carbocycles. The third-order valence-electron chi connectivity index (χ3n) is 4.70. The number of thioether (sulfide) groups is 1. The zero-order valence-corrected chi connectivity index (χ0v) is 18.8. The fourth-order valence-electron chi connectivity index (χ4n) is 3.09. The van der Waals surface area contributed by atoms with E-state index in [0.717, 1.165) is 18.4 Å². The molecule has 1 saturated heterocycles. The van der Waals surface area contributed by atoms with Crippen LogP contribution >= 0.6 is 23.1 Å². The van der Waals surface area contributed by atoms with Gasteiger partial charge >= 0.3 is 0 Å². The number of nitrogens with one attached hydrogen (secondary N) is 1. The number of hydrogen-bond acceptors (Lipinski definition) is 7. The number of sulfonamides is 1. The van der Waals surface area contributed by atoms with Crippen molar-refractivity contribution in [1.29, 1.82) is 0 Å². The predicted molar refractivity (Wildman–Crippen MR) is 118 cm³/mol. The van der Waals surface area contributed by atoms with Crippen molar-refractivity contribution in [2.24, 2.45) is 0 Å². The Morgan fingerprint density at radius 3 is 2.61 bits per heavy atom. The molecule has 0 radical (unpaired) electrons. The van der Waals surface area contributed by atoms with Gasteiger partial charge in [-0.2, -0.15) is 4.31 Å².